The van der Waals surface area contributed by atoms with Crippen LogP contribution in [0.4, 0.5) is 0 Å². The van der Waals surface area contributed by atoms with Crippen LogP contribution in [-0.2, 0) is 0 Å². The Morgan fingerprint density at radius 2 is 0.333 bits per heavy atom. The van der Waals surface area contributed by atoms with Gasteiger partial charge in [-0.15, -0.1) is 0 Å². The van der Waals surface area contributed by atoms with E-state index >= 15 is 0 Å². The molecule has 0 aromatic carbocycles. The number of halogens is 2. The van der Waals surface area contributed by atoms with E-state index in [4.69, 9.17) is 0 Å². The number of hydrogen-bond acceptors (Lipinski definition) is 0. The van der Waals surface area contributed by atoms with Gasteiger partial charge in [-0.2, -0.15) is 0 Å². The Bertz CT molecular complexity index is 11.0. The average Bonchev–Trinajstić information content (AvgIpc) is 0. The molecular formula is H12Cl2EuO6+. The first-order valence-corrected chi connectivity index (χ1v) is 0. The number of hydrogen-bond donors (Lipinski definition) is 0. The van der Waals surface area contributed by atoms with E-state index in [0.29, 0.717) is 0 Å². The molecule has 6 nitrogen and oxygen atoms in total. The molecule has 0 heterocycles. The maximum atomic E-state index is 0. The van der Waals surface area contributed by atoms with Crippen LogP contribution in [0.15, 0.2) is 0 Å². The zero-order chi connectivity index (χ0) is 0. The molecule has 0 bridgehead atoms. The van der Waals surface area contributed by atoms with Crippen molar-refractivity contribution in [2.24, 2.45) is 0 Å². The first kappa shape index (κ1) is 291. The second kappa shape index (κ2) is 213. The van der Waals surface area contributed by atoms with E-state index in [2.05, 4.69) is 0 Å². The summed E-state index contributed by atoms with van der Waals surface area (Å²) >= 11 is 0. The summed E-state index contributed by atoms with van der Waals surface area (Å²) in [4.78, 5) is 0. The Morgan fingerprint density at radius 1 is 0.333 bits per heavy atom. The molecule has 0 aliphatic heterocycles. The van der Waals surface area contributed by atoms with Crippen LogP contribution in [0.1, 0.15) is 0 Å². The van der Waals surface area contributed by atoms with Gasteiger partial charge in [0.1, 0.15) is 0 Å². The van der Waals surface area contributed by atoms with Crippen LogP contribution in [0.25, 0.3) is 0 Å². The Labute approximate surface area is 106 Å². The minimum Gasteiger partial charge on any atom is -1.00 e. The fourth-order valence-electron chi connectivity index (χ4n) is 0. The standard InChI is InChI=1S/2ClH.Eu.6H2O/h2*1H;;6*1H2/q;;+3;;;;;;/p-2. The zero-order valence-corrected chi connectivity index (χ0v) is 8.07. The van der Waals surface area contributed by atoms with Gasteiger partial charge in [0.2, 0.25) is 0 Å². The summed E-state index contributed by atoms with van der Waals surface area (Å²) in [6.45, 7) is 0. The van der Waals surface area contributed by atoms with Crippen molar-refractivity contribution in [2.45, 2.75) is 0 Å². The first-order valence-electron chi connectivity index (χ1n) is 0. The molecule has 0 saturated heterocycles. The summed E-state index contributed by atoms with van der Waals surface area (Å²) in [6.07, 6.45) is 0. The van der Waals surface area contributed by atoms with Crippen molar-refractivity contribution in [1.29, 1.82) is 0 Å². The molecule has 0 radical (unpaired) electrons. The van der Waals surface area contributed by atoms with Crippen molar-refractivity contribution in [3.8, 4) is 0 Å². The summed E-state index contributed by atoms with van der Waals surface area (Å²) in [7, 11) is 0. The third kappa shape index (κ3) is 168. The molecule has 0 fully saturated rings. The third-order valence-corrected chi connectivity index (χ3v) is 0. The van der Waals surface area contributed by atoms with Gasteiger partial charge < -0.3 is 57.7 Å². The molecule has 0 amide bonds. The fourth-order valence-corrected chi connectivity index (χ4v) is 0. The summed E-state index contributed by atoms with van der Waals surface area (Å²) in [5, 5.41) is 0. The molecule has 0 rings (SSSR count). The largest absolute Gasteiger partial charge is 3.00 e. The van der Waals surface area contributed by atoms with Crippen LogP contribution in [0, 0.1) is 49.4 Å². The van der Waals surface area contributed by atoms with Crippen LogP contribution in [-0.4, -0.2) is 32.9 Å². The van der Waals surface area contributed by atoms with Crippen molar-refractivity contribution in [3.05, 3.63) is 0 Å². The Kier molecular flexibility index (Phi) is 6890. The molecule has 12 N–H and O–H groups in total. The monoisotopic (exact) mass is 331 g/mol. The van der Waals surface area contributed by atoms with E-state index in [9.17, 15) is 0 Å². The molecule has 0 unspecified atom stereocenters. The fraction of sp³-hybridized carbons (Fsp3) is 0. The molecule has 0 saturated carbocycles. The molecule has 0 aromatic heterocycles. The van der Waals surface area contributed by atoms with Gasteiger partial charge in [0.15, 0.2) is 0 Å². The molecule has 9 heteroatoms. The minimum absolute atomic E-state index is 0. The SMILES string of the molecule is O.O.O.O.O.O.[Cl-].[Cl-].[Eu+3]. The predicted octanol–water partition coefficient (Wildman–Crippen LogP) is -10.9. The van der Waals surface area contributed by atoms with Gasteiger partial charge in [-0.3, -0.25) is 0 Å². The third-order valence-electron chi connectivity index (χ3n) is 0. The molecule has 0 aliphatic rings. The van der Waals surface area contributed by atoms with Crippen LogP contribution in [0.2, 0.25) is 0 Å². The van der Waals surface area contributed by atoms with Gasteiger partial charge in [0.25, 0.3) is 0 Å². The van der Waals surface area contributed by atoms with Gasteiger partial charge in [-0.1, -0.05) is 0 Å². The maximum absolute atomic E-state index is 0. The molecule has 0 aromatic rings. The molecule has 0 atom stereocenters. The van der Waals surface area contributed by atoms with Gasteiger partial charge in [-0.25, -0.2) is 0 Å². The van der Waals surface area contributed by atoms with Crippen LogP contribution in [0.5, 0.6) is 0 Å². The average molecular weight is 331 g/mol. The van der Waals surface area contributed by atoms with E-state index in [0.717, 1.165) is 0 Å². The summed E-state index contributed by atoms with van der Waals surface area (Å²) < 4.78 is 0. The quantitative estimate of drug-likeness (QED) is 0.408. The summed E-state index contributed by atoms with van der Waals surface area (Å²) in [5.41, 5.74) is 0. The van der Waals surface area contributed by atoms with Gasteiger partial charge in [0, 0.05) is 0 Å². The minimum atomic E-state index is 0. The summed E-state index contributed by atoms with van der Waals surface area (Å²) in [6, 6.07) is 0. The predicted molar refractivity (Wildman–Crippen MR) is 21.7 cm³/mol. The molecule has 68 valence electrons. The molecule has 9 heavy (non-hydrogen) atoms. The second-order valence-corrected chi connectivity index (χ2v) is 0. The van der Waals surface area contributed by atoms with Crippen LogP contribution < -0.4 is 24.8 Å². The van der Waals surface area contributed by atoms with E-state index < -0.39 is 0 Å². The van der Waals surface area contributed by atoms with E-state index in [-0.39, 0.29) is 107 Å². The Hall–Kier alpha value is 1.92. The van der Waals surface area contributed by atoms with Gasteiger partial charge in [0.05, 0.1) is 0 Å². The van der Waals surface area contributed by atoms with Crippen LogP contribution >= 0.6 is 0 Å². The van der Waals surface area contributed by atoms with Crippen molar-refractivity contribution in [2.75, 3.05) is 0 Å². The van der Waals surface area contributed by atoms with E-state index in [1.165, 1.54) is 0 Å². The normalized spacial score (nSPS) is 0. The van der Waals surface area contributed by atoms with Crippen molar-refractivity contribution in [3.63, 3.8) is 0 Å². The Morgan fingerprint density at radius 3 is 0.333 bits per heavy atom. The molecular weight excluding hydrogens is 319 g/mol. The topological polar surface area (TPSA) is 189 Å². The van der Waals surface area contributed by atoms with Crippen LogP contribution in [0.3, 0.4) is 0 Å². The summed E-state index contributed by atoms with van der Waals surface area (Å²) in [5.74, 6) is 0. The van der Waals surface area contributed by atoms with Gasteiger partial charge >= 0.3 is 49.4 Å². The molecule has 0 aliphatic carbocycles. The second-order valence-electron chi connectivity index (χ2n) is 0. The Balaban J connectivity index is 0. The van der Waals surface area contributed by atoms with Crippen molar-refractivity contribution in [1.82, 2.24) is 0 Å². The number of rotatable bonds is 0. The van der Waals surface area contributed by atoms with Crippen molar-refractivity contribution >= 4 is 0 Å². The smallest absolute Gasteiger partial charge is 1.00 e. The van der Waals surface area contributed by atoms with E-state index in [1.807, 2.05) is 0 Å². The first-order chi connectivity index (χ1) is 0. The maximum Gasteiger partial charge on any atom is 3.00 e. The van der Waals surface area contributed by atoms with Crippen molar-refractivity contribution < 1.29 is 107 Å². The zero-order valence-electron chi connectivity index (χ0n) is 4.13. The van der Waals surface area contributed by atoms with Gasteiger partial charge in [-0.05, 0) is 0 Å². The molecule has 0 spiro atoms. The van der Waals surface area contributed by atoms with E-state index in [1.54, 1.807) is 0 Å².